The Morgan fingerprint density at radius 1 is 1.19 bits per heavy atom. The van der Waals surface area contributed by atoms with Gasteiger partial charge in [0.25, 0.3) is 0 Å². The molecule has 1 aromatic carbocycles. The van der Waals surface area contributed by atoms with Crippen LogP contribution in [0.25, 0.3) is 0 Å². The number of nitrogens with one attached hydrogen (secondary N) is 1. The molecule has 32 heavy (non-hydrogen) atoms. The number of pyridine rings is 1. The summed E-state index contributed by atoms with van der Waals surface area (Å²) in [6.45, 7) is 2.63. The number of benzene rings is 1. The van der Waals surface area contributed by atoms with Crippen LogP contribution in [0.2, 0.25) is 0 Å². The highest BCUT2D eigenvalue weighted by atomic mass is 16.5. The zero-order valence-corrected chi connectivity index (χ0v) is 18.4. The van der Waals surface area contributed by atoms with Crippen molar-refractivity contribution in [1.82, 2.24) is 20.1 Å². The summed E-state index contributed by atoms with van der Waals surface area (Å²) < 4.78 is 5.45. The lowest BCUT2D eigenvalue weighted by Gasteiger charge is -2.39. The Morgan fingerprint density at radius 3 is 2.66 bits per heavy atom. The van der Waals surface area contributed by atoms with Crippen molar-refractivity contribution < 1.29 is 19.4 Å². The van der Waals surface area contributed by atoms with Gasteiger partial charge in [-0.1, -0.05) is 24.3 Å². The molecule has 8 nitrogen and oxygen atoms in total. The monoisotopic (exact) mass is 438 g/mol. The van der Waals surface area contributed by atoms with E-state index in [0.29, 0.717) is 51.3 Å². The van der Waals surface area contributed by atoms with Gasteiger partial charge in [0.05, 0.1) is 25.3 Å². The molecule has 8 heteroatoms. The lowest BCUT2D eigenvalue weighted by Crippen LogP contribution is -2.56. The molecule has 0 radical (unpaired) electrons. The minimum atomic E-state index is -1.02. The number of piperidine rings is 1. The van der Waals surface area contributed by atoms with Crippen LogP contribution in [0.1, 0.15) is 30.5 Å². The maximum absolute atomic E-state index is 13.1. The van der Waals surface area contributed by atoms with Gasteiger partial charge >= 0.3 is 0 Å². The molecule has 2 fully saturated rings. The van der Waals surface area contributed by atoms with Crippen LogP contribution in [0.5, 0.6) is 5.75 Å². The van der Waals surface area contributed by atoms with Gasteiger partial charge in [-0.2, -0.15) is 0 Å². The summed E-state index contributed by atoms with van der Waals surface area (Å²) in [7, 11) is 1.63. The normalized spacial score (nSPS) is 21.1. The number of rotatable bonds is 6. The first kappa shape index (κ1) is 22.2. The molecule has 0 aliphatic carbocycles. The minimum Gasteiger partial charge on any atom is -0.496 e. The summed E-state index contributed by atoms with van der Waals surface area (Å²) in [6.07, 6.45) is 2.64. The summed E-state index contributed by atoms with van der Waals surface area (Å²) in [4.78, 5) is 33.8. The highest BCUT2D eigenvalue weighted by Gasteiger charge is 2.38. The van der Waals surface area contributed by atoms with Gasteiger partial charge in [-0.25, -0.2) is 0 Å². The van der Waals surface area contributed by atoms with Crippen LogP contribution < -0.4 is 10.1 Å². The van der Waals surface area contributed by atoms with Crippen molar-refractivity contribution >= 4 is 11.8 Å². The summed E-state index contributed by atoms with van der Waals surface area (Å²) in [5.41, 5.74) is 0.609. The molecular weight excluding hydrogens is 408 g/mol. The second-order valence-electron chi connectivity index (χ2n) is 8.42. The zero-order chi connectivity index (χ0) is 22.6. The van der Waals surface area contributed by atoms with E-state index in [1.165, 1.54) is 0 Å². The molecule has 2 N–H and O–H groups in total. The van der Waals surface area contributed by atoms with Crippen molar-refractivity contribution in [2.75, 3.05) is 33.3 Å². The third kappa shape index (κ3) is 4.76. The van der Waals surface area contributed by atoms with Crippen molar-refractivity contribution in [2.24, 2.45) is 0 Å². The standard InChI is InChI=1S/C24H30N4O4/c1-32-20-7-3-2-6-18(20)17-28-15-12-26-23(30)19(28)16-22(29)27-13-9-24(31,10-14-27)21-8-4-5-11-25-21/h2-8,11,19,31H,9-10,12-17H2,1H3,(H,26,30)/t19-/m0/s1. The number of para-hydroxylation sites is 1. The molecule has 170 valence electrons. The molecule has 2 saturated heterocycles. The zero-order valence-electron chi connectivity index (χ0n) is 18.4. The van der Waals surface area contributed by atoms with Gasteiger partial charge in [-0.15, -0.1) is 0 Å². The average molecular weight is 439 g/mol. The Labute approximate surface area is 188 Å². The molecule has 4 rings (SSSR count). The number of nitrogens with zero attached hydrogens (tertiary/aromatic N) is 3. The van der Waals surface area contributed by atoms with Crippen molar-refractivity contribution in [3.8, 4) is 5.75 Å². The molecule has 0 unspecified atom stereocenters. The van der Waals surface area contributed by atoms with E-state index in [2.05, 4.69) is 10.3 Å². The molecule has 2 aliphatic heterocycles. The smallest absolute Gasteiger partial charge is 0.237 e. The molecule has 2 aliphatic rings. The van der Waals surface area contributed by atoms with E-state index < -0.39 is 11.6 Å². The van der Waals surface area contributed by atoms with E-state index >= 15 is 0 Å². The molecular formula is C24H30N4O4. The lowest BCUT2D eigenvalue weighted by atomic mass is 9.87. The number of piperazine rings is 1. The number of hydrogen-bond acceptors (Lipinski definition) is 6. The van der Waals surface area contributed by atoms with E-state index in [9.17, 15) is 14.7 Å². The maximum atomic E-state index is 13.1. The molecule has 1 atom stereocenters. The van der Waals surface area contributed by atoms with E-state index in [-0.39, 0.29) is 18.2 Å². The fourth-order valence-corrected chi connectivity index (χ4v) is 4.54. The Hall–Kier alpha value is -2.97. The number of aromatic nitrogens is 1. The third-order valence-corrected chi connectivity index (χ3v) is 6.46. The predicted molar refractivity (Wildman–Crippen MR) is 119 cm³/mol. The number of hydrogen-bond donors (Lipinski definition) is 2. The van der Waals surface area contributed by atoms with Crippen molar-refractivity contribution in [1.29, 1.82) is 0 Å². The number of aliphatic hydroxyl groups is 1. The van der Waals surface area contributed by atoms with Gasteiger partial charge in [-0.05, 0) is 31.0 Å². The fourth-order valence-electron chi connectivity index (χ4n) is 4.54. The van der Waals surface area contributed by atoms with Crippen molar-refractivity contribution in [2.45, 2.75) is 37.5 Å². The Morgan fingerprint density at radius 2 is 1.94 bits per heavy atom. The van der Waals surface area contributed by atoms with E-state index in [1.807, 2.05) is 47.4 Å². The topological polar surface area (TPSA) is 95.0 Å². The predicted octanol–water partition coefficient (Wildman–Crippen LogP) is 1.29. The van der Waals surface area contributed by atoms with Crippen LogP contribution in [0.3, 0.4) is 0 Å². The number of likely N-dealkylation sites (tertiary alicyclic amines) is 1. The van der Waals surface area contributed by atoms with Crippen LogP contribution in [0, 0.1) is 0 Å². The highest BCUT2D eigenvalue weighted by molar-refractivity contribution is 5.89. The lowest BCUT2D eigenvalue weighted by molar-refractivity contribution is -0.142. The second kappa shape index (κ2) is 9.67. The third-order valence-electron chi connectivity index (χ3n) is 6.46. The van der Waals surface area contributed by atoms with Crippen molar-refractivity contribution in [3.63, 3.8) is 0 Å². The molecule has 0 spiro atoms. The first-order chi connectivity index (χ1) is 15.5. The van der Waals surface area contributed by atoms with Gasteiger partial charge in [0.2, 0.25) is 11.8 Å². The van der Waals surface area contributed by atoms with Crippen LogP contribution in [0.4, 0.5) is 0 Å². The maximum Gasteiger partial charge on any atom is 0.237 e. The van der Waals surface area contributed by atoms with Gasteiger partial charge in [-0.3, -0.25) is 19.5 Å². The second-order valence-corrected chi connectivity index (χ2v) is 8.42. The molecule has 0 saturated carbocycles. The Kier molecular flexibility index (Phi) is 6.72. The van der Waals surface area contributed by atoms with Crippen LogP contribution in [-0.4, -0.2) is 71.0 Å². The first-order valence-corrected chi connectivity index (χ1v) is 11.1. The number of carbonyl (C=O) groups is 2. The first-order valence-electron chi connectivity index (χ1n) is 11.1. The van der Waals surface area contributed by atoms with Crippen LogP contribution in [0.15, 0.2) is 48.7 Å². The minimum absolute atomic E-state index is 0.0693. The molecule has 3 heterocycles. The number of ether oxygens (including phenoxy) is 1. The number of carbonyl (C=O) groups excluding carboxylic acids is 2. The van der Waals surface area contributed by atoms with Gasteiger partial charge in [0, 0.05) is 44.5 Å². The van der Waals surface area contributed by atoms with Crippen molar-refractivity contribution in [3.05, 3.63) is 59.9 Å². The quantitative estimate of drug-likeness (QED) is 0.706. The van der Waals surface area contributed by atoms with E-state index in [1.54, 1.807) is 18.2 Å². The summed E-state index contributed by atoms with van der Waals surface area (Å²) in [6, 6.07) is 12.7. The molecule has 0 bridgehead atoms. The SMILES string of the molecule is COc1ccccc1CN1CCNC(=O)[C@@H]1CC(=O)N1CCC(O)(c2ccccn2)CC1. The van der Waals surface area contributed by atoms with Crippen LogP contribution in [-0.2, 0) is 21.7 Å². The van der Waals surface area contributed by atoms with Gasteiger partial charge < -0.3 is 20.1 Å². The Balaban J connectivity index is 1.40. The van der Waals surface area contributed by atoms with Gasteiger partial charge in [0.1, 0.15) is 11.4 Å². The summed E-state index contributed by atoms with van der Waals surface area (Å²) >= 11 is 0. The van der Waals surface area contributed by atoms with Gasteiger partial charge in [0.15, 0.2) is 0 Å². The number of methoxy groups -OCH3 is 1. The summed E-state index contributed by atoms with van der Waals surface area (Å²) in [5.74, 6) is 0.579. The molecule has 2 aromatic rings. The molecule has 1 aromatic heterocycles. The van der Waals surface area contributed by atoms with E-state index in [4.69, 9.17) is 4.74 Å². The number of amides is 2. The fraction of sp³-hybridized carbons (Fsp3) is 0.458. The average Bonchev–Trinajstić information content (AvgIpc) is 2.82. The largest absolute Gasteiger partial charge is 0.496 e. The van der Waals surface area contributed by atoms with E-state index in [0.717, 1.165) is 11.3 Å². The molecule has 2 amide bonds. The summed E-state index contributed by atoms with van der Waals surface area (Å²) in [5, 5.41) is 13.9. The van der Waals surface area contributed by atoms with Crippen LogP contribution >= 0.6 is 0 Å². The highest BCUT2D eigenvalue weighted by Crippen LogP contribution is 2.32. The Bertz CT molecular complexity index is 944.